The van der Waals surface area contributed by atoms with E-state index in [0.717, 1.165) is 32.3 Å². The van der Waals surface area contributed by atoms with Gasteiger partial charge in [0.2, 0.25) is 10.9 Å². The highest BCUT2D eigenvalue weighted by Crippen LogP contribution is 2.43. The van der Waals surface area contributed by atoms with Crippen molar-refractivity contribution in [1.29, 1.82) is 0 Å². The van der Waals surface area contributed by atoms with E-state index in [1.807, 2.05) is 30.3 Å². The lowest BCUT2D eigenvalue weighted by atomic mass is 9.94. The van der Waals surface area contributed by atoms with Gasteiger partial charge in [-0.2, -0.15) is 0 Å². The maximum absolute atomic E-state index is 12.4. The number of hydrogen-bond acceptors (Lipinski definition) is 6. The van der Waals surface area contributed by atoms with Crippen LogP contribution >= 0.6 is 0 Å². The molecule has 0 spiro atoms. The maximum atomic E-state index is 12.4. The van der Waals surface area contributed by atoms with Crippen molar-refractivity contribution in [2.24, 2.45) is 0 Å². The van der Waals surface area contributed by atoms with Crippen LogP contribution in [-0.2, 0) is 0 Å². The summed E-state index contributed by atoms with van der Waals surface area (Å²) in [6.45, 7) is 0. The van der Waals surface area contributed by atoms with E-state index in [9.17, 15) is 29.4 Å². The first-order valence-electron chi connectivity index (χ1n) is 11.2. The van der Waals surface area contributed by atoms with Gasteiger partial charge in [0.25, 0.3) is 10.9 Å². The van der Waals surface area contributed by atoms with E-state index >= 15 is 0 Å². The van der Waals surface area contributed by atoms with Gasteiger partial charge in [0.15, 0.2) is 0 Å². The van der Waals surface area contributed by atoms with Gasteiger partial charge in [-0.1, -0.05) is 24.3 Å². The third-order valence-electron chi connectivity index (χ3n) is 7.05. The molecule has 0 aliphatic heterocycles. The second-order valence-corrected chi connectivity index (χ2v) is 9.11. The summed E-state index contributed by atoms with van der Waals surface area (Å²) >= 11 is 0. The van der Waals surface area contributed by atoms with E-state index in [-0.39, 0.29) is 21.9 Å². The second-order valence-electron chi connectivity index (χ2n) is 9.11. The SMILES string of the molecule is O=c1c(=O)c(=O)c2c(O)c3c(O)c4cc5cc6cc7ccccc7cc6cc5cc4cc3cc2c1=O. The van der Waals surface area contributed by atoms with Gasteiger partial charge in [0, 0.05) is 10.8 Å². The van der Waals surface area contributed by atoms with Crippen LogP contribution in [0.2, 0.25) is 0 Å². The van der Waals surface area contributed by atoms with Crippen LogP contribution in [0.25, 0.3) is 64.6 Å². The molecular formula is C30H14O6. The number of benzene rings is 7. The fourth-order valence-electron chi connectivity index (χ4n) is 5.29. The molecule has 36 heavy (non-hydrogen) atoms. The zero-order valence-corrected chi connectivity index (χ0v) is 18.5. The molecule has 7 aromatic rings. The largest absolute Gasteiger partial charge is 0.507 e. The topological polar surface area (TPSA) is 109 Å². The predicted octanol–water partition coefficient (Wildman–Crippen LogP) is 4.33. The zero-order valence-electron chi connectivity index (χ0n) is 18.5. The van der Waals surface area contributed by atoms with E-state index in [4.69, 9.17) is 0 Å². The lowest BCUT2D eigenvalue weighted by Gasteiger charge is -2.12. The van der Waals surface area contributed by atoms with Crippen molar-refractivity contribution in [2.45, 2.75) is 0 Å². The van der Waals surface area contributed by atoms with Crippen molar-refractivity contribution in [1.82, 2.24) is 0 Å². The van der Waals surface area contributed by atoms with Crippen molar-refractivity contribution >= 4 is 64.6 Å². The van der Waals surface area contributed by atoms with Crippen LogP contribution in [0.4, 0.5) is 0 Å². The van der Waals surface area contributed by atoms with Crippen LogP contribution in [0.5, 0.6) is 11.5 Å². The summed E-state index contributed by atoms with van der Waals surface area (Å²) in [5, 5.41) is 28.6. The molecule has 6 heteroatoms. The normalized spacial score (nSPS) is 12.0. The van der Waals surface area contributed by atoms with Gasteiger partial charge in [-0.3, -0.25) is 19.2 Å². The van der Waals surface area contributed by atoms with Crippen molar-refractivity contribution in [3.05, 3.63) is 114 Å². The lowest BCUT2D eigenvalue weighted by molar-refractivity contribution is 0.470. The Morgan fingerprint density at radius 2 is 0.861 bits per heavy atom. The average molecular weight is 470 g/mol. The van der Waals surface area contributed by atoms with Crippen molar-refractivity contribution in [2.75, 3.05) is 0 Å². The summed E-state index contributed by atoms with van der Waals surface area (Å²) in [6, 6.07) is 23.0. The third kappa shape index (κ3) is 2.55. The van der Waals surface area contributed by atoms with Crippen molar-refractivity contribution in [3.63, 3.8) is 0 Å². The van der Waals surface area contributed by atoms with E-state index in [0.29, 0.717) is 10.8 Å². The maximum Gasteiger partial charge on any atom is 0.277 e. The van der Waals surface area contributed by atoms with E-state index < -0.39 is 32.9 Å². The smallest absolute Gasteiger partial charge is 0.277 e. The molecule has 0 aliphatic rings. The number of phenols is 2. The number of phenolic OH excluding ortho intramolecular Hbond substituents is 2. The molecule has 2 N–H and O–H groups in total. The number of aromatic hydroxyl groups is 2. The predicted molar refractivity (Wildman–Crippen MR) is 142 cm³/mol. The van der Waals surface area contributed by atoms with E-state index in [2.05, 4.69) is 24.3 Å². The molecule has 0 fully saturated rings. The molecule has 0 bridgehead atoms. The van der Waals surface area contributed by atoms with Crippen LogP contribution in [0.15, 0.2) is 92.0 Å². The van der Waals surface area contributed by atoms with E-state index in [1.165, 1.54) is 6.07 Å². The van der Waals surface area contributed by atoms with Crippen molar-refractivity contribution in [3.8, 4) is 11.5 Å². The Kier molecular flexibility index (Phi) is 3.79. The van der Waals surface area contributed by atoms with Gasteiger partial charge in [-0.05, 0) is 91.6 Å². The van der Waals surface area contributed by atoms with Crippen LogP contribution < -0.4 is 21.7 Å². The first-order valence-corrected chi connectivity index (χ1v) is 11.2. The Balaban J connectivity index is 1.63. The Labute approximate surface area is 200 Å². The van der Waals surface area contributed by atoms with E-state index in [1.54, 1.807) is 12.1 Å². The molecule has 0 atom stereocenters. The highest BCUT2D eigenvalue weighted by atomic mass is 16.3. The van der Waals surface area contributed by atoms with Crippen LogP contribution in [-0.4, -0.2) is 10.2 Å². The van der Waals surface area contributed by atoms with Crippen LogP contribution in [0, 0.1) is 0 Å². The van der Waals surface area contributed by atoms with Gasteiger partial charge < -0.3 is 10.2 Å². The molecule has 170 valence electrons. The third-order valence-corrected chi connectivity index (χ3v) is 7.05. The molecule has 0 saturated carbocycles. The molecular weight excluding hydrogens is 456 g/mol. The first-order chi connectivity index (χ1) is 17.3. The molecule has 0 heterocycles. The number of rotatable bonds is 0. The summed E-state index contributed by atoms with van der Waals surface area (Å²) < 4.78 is 0. The average Bonchev–Trinajstić information content (AvgIpc) is 2.87. The van der Waals surface area contributed by atoms with Gasteiger partial charge in [0.05, 0.1) is 10.8 Å². The molecule has 0 saturated heterocycles. The quantitative estimate of drug-likeness (QED) is 0.252. The molecule has 7 rings (SSSR count). The molecule has 0 unspecified atom stereocenters. The Morgan fingerprint density at radius 1 is 0.389 bits per heavy atom. The lowest BCUT2D eigenvalue weighted by Crippen LogP contribution is -2.46. The Morgan fingerprint density at radius 3 is 1.50 bits per heavy atom. The highest BCUT2D eigenvalue weighted by molar-refractivity contribution is 6.17. The molecule has 0 radical (unpaired) electrons. The zero-order chi connectivity index (χ0) is 24.9. The van der Waals surface area contributed by atoms with Gasteiger partial charge in [-0.25, -0.2) is 0 Å². The van der Waals surface area contributed by atoms with Gasteiger partial charge in [-0.15, -0.1) is 0 Å². The summed E-state index contributed by atoms with van der Waals surface area (Å²) in [5.74, 6) is -0.973. The summed E-state index contributed by atoms with van der Waals surface area (Å²) in [6.07, 6.45) is 0. The van der Waals surface area contributed by atoms with Gasteiger partial charge >= 0.3 is 0 Å². The molecule has 6 nitrogen and oxygen atoms in total. The van der Waals surface area contributed by atoms with Gasteiger partial charge in [0.1, 0.15) is 11.5 Å². The minimum atomic E-state index is -1.49. The monoisotopic (exact) mass is 470 g/mol. The van der Waals surface area contributed by atoms with Crippen LogP contribution in [0.3, 0.4) is 0 Å². The minimum Gasteiger partial charge on any atom is -0.507 e. The summed E-state index contributed by atoms with van der Waals surface area (Å²) in [7, 11) is 0. The minimum absolute atomic E-state index is 0.0596. The summed E-state index contributed by atoms with van der Waals surface area (Å²) in [4.78, 5) is 48.7. The van der Waals surface area contributed by atoms with Crippen molar-refractivity contribution < 1.29 is 10.2 Å². The molecule has 0 amide bonds. The molecule has 0 aliphatic carbocycles. The summed E-state index contributed by atoms with van der Waals surface area (Å²) in [5.41, 5.74) is -5.33. The Bertz CT molecular complexity index is 2360. The molecule has 0 aromatic heterocycles. The number of fused-ring (bicyclic) bond motifs is 6. The number of hydrogen-bond donors (Lipinski definition) is 2. The van der Waals surface area contributed by atoms with Crippen LogP contribution in [0.1, 0.15) is 0 Å². The first kappa shape index (κ1) is 20.3. The standard InChI is InChI=1S/C30H14O6/c31-25-21-11-18-8-16-6-14-4-2-1-3-13(14)5-15(16)7-17(18)9-19(21)10-20-12-22-24(27(33)23(20)25)28(34)30(36)29(35)26(22)32/h1-12,31,33H. The second kappa shape index (κ2) is 6.73. The fraction of sp³-hybridized carbons (Fsp3) is 0. The Hall–Kier alpha value is -5.10. The fourth-order valence-corrected chi connectivity index (χ4v) is 5.29. The molecule has 7 aromatic carbocycles. The highest BCUT2D eigenvalue weighted by Gasteiger charge is 2.21.